The summed E-state index contributed by atoms with van der Waals surface area (Å²) in [4.78, 5) is 4.18. The van der Waals surface area contributed by atoms with Crippen LogP contribution >= 0.6 is 11.3 Å². The average Bonchev–Trinajstić information content (AvgIpc) is 2.99. The van der Waals surface area contributed by atoms with Crippen LogP contribution in [0.25, 0.3) is 0 Å². The third kappa shape index (κ3) is 2.54. The van der Waals surface area contributed by atoms with Crippen LogP contribution in [0.15, 0.2) is 6.20 Å². The Morgan fingerprint density at radius 3 is 2.50 bits per heavy atom. The fourth-order valence-corrected chi connectivity index (χ4v) is 2.85. The highest BCUT2D eigenvalue weighted by atomic mass is 32.1. The molecule has 3 rings (SSSR count). The molecule has 0 atom stereocenters. The Balaban J connectivity index is 1.96. The molecule has 0 saturated carbocycles. The molecule has 0 N–H and O–H groups in total. The summed E-state index contributed by atoms with van der Waals surface area (Å²) in [5.74, 6) is -2.16. The third-order valence-electron chi connectivity index (χ3n) is 3.93. The maximum Gasteiger partial charge on any atom is 0.507 e. The number of thiazole rings is 1. The molecule has 20 heavy (non-hydrogen) atoms. The fraction of sp³-hybridized carbons (Fsp3) is 0.786. The van der Waals surface area contributed by atoms with E-state index in [1.165, 1.54) is 6.20 Å². The van der Waals surface area contributed by atoms with E-state index in [2.05, 4.69) is 4.98 Å². The second kappa shape index (κ2) is 5.09. The lowest BCUT2D eigenvalue weighted by Gasteiger charge is -2.32. The summed E-state index contributed by atoms with van der Waals surface area (Å²) in [5, 5.41) is 0.0653. The molecule has 0 bridgehead atoms. The van der Waals surface area contributed by atoms with Gasteiger partial charge in [0.05, 0.1) is 21.0 Å². The summed E-state index contributed by atoms with van der Waals surface area (Å²) >= 11 is 1.06. The molecule has 2 fully saturated rings. The smallest absolute Gasteiger partial charge is 0.399 e. The van der Waals surface area contributed by atoms with Crippen molar-refractivity contribution < 1.29 is 20.9 Å². The fourth-order valence-electron chi connectivity index (χ4n) is 1.98. The van der Waals surface area contributed by atoms with Gasteiger partial charge in [-0.2, -0.15) is 0 Å². The molecule has 2 aliphatic rings. The van der Waals surface area contributed by atoms with Crippen molar-refractivity contribution in [2.75, 3.05) is 13.2 Å². The lowest BCUT2D eigenvalue weighted by atomic mass is 9.89. The van der Waals surface area contributed by atoms with Gasteiger partial charge in [-0.3, -0.25) is 0 Å². The zero-order valence-corrected chi connectivity index (χ0v) is 13.0. The van der Waals surface area contributed by atoms with Crippen molar-refractivity contribution in [3.8, 4) is 0 Å². The molecule has 0 amide bonds. The van der Waals surface area contributed by atoms with Crippen molar-refractivity contribution in [2.24, 2.45) is 0 Å². The zero-order valence-electron chi connectivity index (χ0n) is 17.1. The minimum atomic E-state index is -2.21. The van der Waals surface area contributed by atoms with E-state index in [4.69, 9.17) is 20.9 Å². The predicted molar refractivity (Wildman–Crippen MR) is 80.6 cm³/mol. The van der Waals surface area contributed by atoms with Gasteiger partial charge in [0.15, 0.2) is 0 Å². The summed E-state index contributed by atoms with van der Waals surface area (Å²) in [6.45, 7) is 7.02. The molecule has 1 aromatic heterocycles. The van der Waals surface area contributed by atoms with E-state index >= 15 is 0 Å². The number of rotatable bonds is 2. The van der Waals surface area contributed by atoms with Crippen molar-refractivity contribution in [2.45, 2.75) is 57.5 Å². The summed E-state index contributed by atoms with van der Waals surface area (Å²) in [6.07, 6.45) is -2.93. The first-order valence-electron chi connectivity index (χ1n) is 9.13. The van der Waals surface area contributed by atoms with E-state index in [0.29, 0.717) is 4.78 Å². The number of hydrogen-bond donors (Lipinski definition) is 0. The van der Waals surface area contributed by atoms with Crippen LogP contribution in [0.2, 0.25) is 0 Å². The Labute approximate surface area is 132 Å². The molecule has 2 saturated heterocycles. The van der Waals surface area contributed by atoms with Crippen molar-refractivity contribution in [3.05, 3.63) is 11.2 Å². The molecule has 3 heterocycles. The Kier molecular flexibility index (Phi) is 2.43. The molecule has 0 unspecified atom stereocenters. The van der Waals surface area contributed by atoms with Gasteiger partial charge in [0.25, 0.3) is 0 Å². The zero-order chi connectivity index (χ0) is 18.9. The van der Waals surface area contributed by atoms with E-state index in [9.17, 15) is 0 Å². The van der Waals surface area contributed by atoms with Crippen LogP contribution in [-0.2, 0) is 14.0 Å². The van der Waals surface area contributed by atoms with E-state index in [0.717, 1.165) is 11.3 Å². The van der Waals surface area contributed by atoms with Crippen LogP contribution in [0.4, 0.5) is 0 Å². The highest BCUT2D eigenvalue weighted by molar-refractivity contribution is 7.22. The van der Waals surface area contributed by atoms with Gasteiger partial charge < -0.3 is 14.0 Å². The monoisotopic (exact) mass is 300 g/mol. The number of aromatic nitrogens is 1. The second-order valence-electron chi connectivity index (χ2n) is 5.88. The number of hydrogen-bond acceptors (Lipinski definition) is 5. The van der Waals surface area contributed by atoms with Crippen LogP contribution in [0.1, 0.15) is 58.2 Å². The molecular formula is C14H22BNO3S. The Morgan fingerprint density at radius 2 is 1.90 bits per heavy atom. The van der Waals surface area contributed by atoms with Crippen molar-refractivity contribution >= 4 is 23.2 Å². The van der Waals surface area contributed by atoms with Crippen LogP contribution in [0, 0.1) is 0 Å². The molecule has 1 aromatic rings. The van der Waals surface area contributed by atoms with Crippen LogP contribution in [0.5, 0.6) is 0 Å². The largest absolute Gasteiger partial charge is 0.507 e. The highest BCUT2D eigenvalue weighted by Gasteiger charge is 2.52. The Hall–Kier alpha value is -0.425. The van der Waals surface area contributed by atoms with Crippen molar-refractivity contribution in [1.29, 1.82) is 0 Å². The van der Waals surface area contributed by atoms with Gasteiger partial charge >= 0.3 is 7.12 Å². The third-order valence-corrected chi connectivity index (χ3v) is 4.96. The summed E-state index contributed by atoms with van der Waals surface area (Å²) in [6, 6.07) is 0. The topological polar surface area (TPSA) is 40.6 Å². The van der Waals surface area contributed by atoms with E-state index in [-0.39, 0.29) is 18.2 Å². The standard InChI is InChI=1S/C14H22BNO3S/c1-13(2)14(3,4)19-15(18-13)11-9-16-12(20-11)10-5-7-17-8-6-10/h9-10H,5-8H2,1-4H3/i5D2,6D2,10D. The molecule has 4 nitrogen and oxygen atoms in total. The molecule has 0 aromatic carbocycles. The normalized spacial score (nSPS) is 36.4. The Morgan fingerprint density at radius 1 is 1.30 bits per heavy atom. The highest BCUT2D eigenvalue weighted by Crippen LogP contribution is 2.37. The van der Waals surface area contributed by atoms with Crippen LogP contribution in [-0.4, -0.2) is 36.5 Å². The van der Waals surface area contributed by atoms with Crippen LogP contribution < -0.4 is 4.78 Å². The average molecular weight is 300 g/mol. The molecule has 2 aliphatic heterocycles. The quantitative estimate of drug-likeness (QED) is 0.786. The Bertz CT molecular complexity index is 649. The summed E-state index contributed by atoms with van der Waals surface area (Å²) in [7, 11) is -0.670. The first-order chi connectivity index (χ1) is 11.2. The van der Waals surface area contributed by atoms with Gasteiger partial charge in [0.1, 0.15) is 0 Å². The molecule has 110 valence electrons. The molecule has 0 spiro atoms. The molecule has 6 heteroatoms. The lowest BCUT2D eigenvalue weighted by Crippen LogP contribution is -2.41. The maximum atomic E-state index is 8.64. The maximum absolute atomic E-state index is 8.64. The van der Waals surface area contributed by atoms with Gasteiger partial charge in [-0.25, -0.2) is 4.98 Å². The van der Waals surface area contributed by atoms with E-state index in [1.807, 2.05) is 27.7 Å². The first kappa shape index (κ1) is 9.56. The first-order valence-corrected chi connectivity index (χ1v) is 7.45. The number of ether oxygens (including phenoxy) is 1. The van der Waals surface area contributed by atoms with Gasteiger partial charge in [-0.1, -0.05) is 0 Å². The second-order valence-corrected chi connectivity index (χ2v) is 6.94. The minimum Gasteiger partial charge on any atom is -0.399 e. The van der Waals surface area contributed by atoms with Crippen molar-refractivity contribution in [3.63, 3.8) is 0 Å². The van der Waals surface area contributed by atoms with Gasteiger partial charge in [-0.15, -0.1) is 11.3 Å². The van der Waals surface area contributed by atoms with E-state index < -0.39 is 37.0 Å². The lowest BCUT2D eigenvalue weighted by molar-refractivity contribution is 0.00578. The minimum absolute atomic E-state index is 0.0653. The predicted octanol–water partition coefficient (Wildman–Crippen LogP) is 2.34. The molecule has 0 aliphatic carbocycles. The van der Waals surface area contributed by atoms with Gasteiger partial charge in [-0.05, 0) is 40.4 Å². The van der Waals surface area contributed by atoms with Crippen LogP contribution in [0.3, 0.4) is 0 Å². The van der Waals surface area contributed by atoms with Gasteiger partial charge in [0.2, 0.25) is 0 Å². The summed E-state index contributed by atoms with van der Waals surface area (Å²) < 4.78 is 58.7. The molecular weight excluding hydrogens is 273 g/mol. The van der Waals surface area contributed by atoms with Gasteiger partial charge in [0, 0.05) is 32.2 Å². The van der Waals surface area contributed by atoms with Crippen molar-refractivity contribution in [1.82, 2.24) is 4.98 Å². The molecule has 0 radical (unpaired) electrons. The summed E-state index contributed by atoms with van der Waals surface area (Å²) in [5.41, 5.74) is -1.05. The van der Waals surface area contributed by atoms with E-state index in [1.54, 1.807) is 0 Å². The number of nitrogens with zero attached hydrogens (tertiary/aromatic N) is 1. The SMILES string of the molecule is [2H]C1([2H])COCC([2H])([2H])C1([2H])c1ncc(B2OC(C)(C)C(C)(C)O2)s1.